The zero-order chi connectivity index (χ0) is 11.5. The summed E-state index contributed by atoms with van der Waals surface area (Å²) in [6.45, 7) is 3.11. The summed E-state index contributed by atoms with van der Waals surface area (Å²) in [4.78, 5) is 10.9. The second-order valence-electron chi connectivity index (χ2n) is 2.96. The molecule has 15 heavy (non-hydrogen) atoms. The molecule has 0 aromatic heterocycles. The Kier molecular flexibility index (Phi) is 3.41. The topological polar surface area (TPSA) is 72.8 Å². The lowest BCUT2D eigenvalue weighted by Crippen LogP contribution is -2.09. The zero-order valence-corrected chi connectivity index (χ0v) is 9.24. The Labute approximate surface area is 88.2 Å². The van der Waals surface area contributed by atoms with Gasteiger partial charge in [0.15, 0.2) is 5.78 Å². The first-order valence-corrected chi connectivity index (χ1v) is 5.92. The monoisotopic (exact) mass is 229 g/mol. The fraction of sp³-hybridized carbons (Fsp3) is 0.333. The first kappa shape index (κ1) is 11.6. The van der Waals surface area contributed by atoms with Gasteiger partial charge in [0.2, 0.25) is 0 Å². The molecule has 0 aromatic rings. The van der Waals surface area contributed by atoms with Gasteiger partial charge in [-0.1, -0.05) is 5.16 Å². The van der Waals surface area contributed by atoms with Crippen LogP contribution >= 0.6 is 0 Å². The van der Waals surface area contributed by atoms with E-state index in [1.807, 2.05) is 0 Å². The summed E-state index contributed by atoms with van der Waals surface area (Å²) in [5.41, 5.74) is 0.917. The van der Waals surface area contributed by atoms with E-state index in [9.17, 15) is 13.2 Å². The van der Waals surface area contributed by atoms with Crippen LogP contribution in [0.2, 0.25) is 0 Å². The van der Waals surface area contributed by atoms with Crippen LogP contribution in [0.15, 0.2) is 29.0 Å². The highest BCUT2D eigenvalue weighted by molar-refractivity contribution is 7.86. The van der Waals surface area contributed by atoms with Crippen LogP contribution in [0.3, 0.4) is 0 Å². The van der Waals surface area contributed by atoms with E-state index in [0.29, 0.717) is 11.3 Å². The summed E-state index contributed by atoms with van der Waals surface area (Å²) in [6, 6.07) is 0. The summed E-state index contributed by atoms with van der Waals surface area (Å²) < 4.78 is 26.3. The van der Waals surface area contributed by atoms with Crippen molar-refractivity contribution in [3.63, 3.8) is 0 Å². The molecular formula is C9H11NO4S. The van der Waals surface area contributed by atoms with Gasteiger partial charge in [-0.05, 0) is 37.6 Å². The Hall–Kier alpha value is -1.43. The third kappa shape index (κ3) is 3.32. The number of nitrogens with zero attached hydrogens (tertiary/aromatic N) is 1. The van der Waals surface area contributed by atoms with Gasteiger partial charge in [0, 0.05) is 0 Å². The molecule has 0 radical (unpaired) electrons. The van der Waals surface area contributed by atoms with E-state index in [1.165, 1.54) is 25.2 Å². The molecule has 0 heterocycles. The Bertz CT molecular complexity index is 457. The van der Waals surface area contributed by atoms with Gasteiger partial charge in [-0.15, -0.1) is 0 Å². The first-order chi connectivity index (χ1) is 6.94. The number of carbonyl (C=O) groups is 1. The number of carbonyl (C=O) groups excluding carboxylic acids is 1. The Morgan fingerprint density at radius 3 is 2.60 bits per heavy atom. The van der Waals surface area contributed by atoms with Crippen LogP contribution in [0.5, 0.6) is 0 Å². The van der Waals surface area contributed by atoms with Crippen molar-refractivity contribution in [1.29, 1.82) is 0 Å². The largest absolute Gasteiger partial charge is 0.328 e. The zero-order valence-electron chi connectivity index (χ0n) is 8.43. The summed E-state index contributed by atoms with van der Waals surface area (Å²) in [6.07, 6.45) is 4.08. The van der Waals surface area contributed by atoms with E-state index in [2.05, 4.69) is 9.44 Å². The molecule has 6 heteroatoms. The maximum absolute atomic E-state index is 11.0. The van der Waals surface area contributed by atoms with Gasteiger partial charge in [-0.25, -0.2) is 0 Å². The number of allylic oxidation sites excluding steroid dienone is 4. The predicted molar refractivity (Wildman–Crippen MR) is 55.9 cm³/mol. The van der Waals surface area contributed by atoms with Gasteiger partial charge >= 0.3 is 10.1 Å². The minimum Gasteiger partial charge on any atom is -0.290 e. The van der Waals surface area contributed by atoms with E-state index < -0.39 is 10.1 Å². The molecule has 1 aliphatic carbocycles. The number of rotatable bonds is 3. The van der Waals surface area contributed by atoms with Crippen molar-refractivity contribution in [2.75, 3.05) is 5.75 Å². The van der Waals surface area contributed by atoms with Crippen LogP contribution in [-0.4, -0.2) is 25.7 Å². The molecule has 0 atom stereocenters. The number of hydrogen-bond donors (Lipinski definition) is 0. The predicted octanol–water partition coefficient (Wildman–Crippen LogP) is 0.794. The summed E-state index contributed by atoms with van der Waals surface area (Å²) >= 11 is 0. The highest BCUT2D eigenvalue weighted by Crippen LogP contribution is 2.07. The molecule has 0 fully saturated rings. The minimum absolute atomic E-state index is 0.144. The summed E-state index contributed by atoms with van der Waals surface area (Å²) in [5.74, 6) is -0.292. The Morgan fingerprint density at radius 2 is 2.07 bits per heavy atom. The molecule has 0 N–H and O–H groups in total. The standard InChI is InChI=1S/C9H11NO4S/c1-3-15(12,13)14-10-9-5-4-8(11)6-7(9)2/h4-6H,3H2,1-2H3. The lowest BCUT2D eigenvalue weighted by Gasteiger charge is -2.04. The van der Waals surface area contributed by atoms with Gasteiger partial charge in [-0.2, -0.15) is 8.42 Å². The highest BCUT2D eigenvalue weighted by atomic mass is 32.2. The molecule has 0 saturated carbocycles. The van der Waals surface area contributed by atoms with Crippen LogP contribution < -0.4 is 0 Å². The number of hydrogen-bond acceptors (Lipinski definition) is 5. The van der Waals surface area contributed by atoms with Gasteiger partial charge in [0.25, 0.3) is 0 Å². The fourth-order valence-electron chi connectivity index (χ4n) is 0.880. The molecule has 1 rings (SSSR count). The van der Waals surface area contributed by atoms with Crippen LogP contribution in [-0.2, 0) is 19.2 Å². The maximum atomic E-state index is 11.0. The van der Waals surface area contributed by atoms with E-state index in [1.54, 1.807) is 6.92 Å². The van der Waals surface area contributed by atoms with Crippen molar-refractivity contribution in [3.05, 3.63) is 23.8 Å². The van der Waals surface area contributed by atoms with Gasteiger partial charge in [0.1, 0.15) is 5.71 Å². The van der Waals surface area contributed by atoms with Crippen molar-refractivity contribution < 1.29 is 17.5 Å². The van der Waals surface area contributed by atoms with Crippen molar-refractivity contribution in [2.24, 2.45) is 5.16 Å². The van der Waals surface area contributed by atoms with Crippen LogP contribution in [0.4, 0.5) is 0 Å². The highest BCUT2D eigenvalue weighted by Gasteiger charge is 2.11. The van der Waals surface area contributed by atoms with Crippen molar-refractivity contribution in [3.8, 4) is 0 Å². The molecule has 0 aromatic carbocycles. The van der Waals surface area contributed by atoms with Crippen molar-refractivity contribution in [2.45, 2.75) is 13.8 Å². The van der Waals surface area contributed by atoms with E-state index in [0.717, 1.165) is 0 Å². The normalized spacial score (nSPS) is 19.2. The quantitative estimate of drug-likeness (QED) is 0.530. The first-order valence-electron chi connectivity index (χ1n) is 4.34. The number of ketones is 1. The van der Waals surface area contributed by atoms with E-state index >= 15 is 0 Å². The average Bonchev–Trinajstić information content (AvgIpc) is 2.16. The van der Waals surface area contributed by atoms with Crippen LogP contribution in [0.1, 0.15) is 13.8 Å². The van der Waals surface area contributed by atoms with Gasteiger partial charge in [0.05, 0.1) is 5.75 Å². The van der Waals surface area contributed by atoms with Crippen molar-refractivity contribution in [1.82, 2.24) is 0 Å². The molecule has 0 aliphatic heterocycles. The van der Waals surface area contributed by atoms with Crippen LogP contribution in [0, 0.1) is 0 Å². The summed E-state index contributed by atoms with van der Waals surface area (Å²) in [7, 11) is -3.59. The summed E-state index contributed by atoms with van der Waals surface area (Å²) in [5, 5.41) is 3.46. The molecule has 0 bridgehead atoms. The van der Waals surface area contributed by atoms with Gasteiger partial charge < -0.3 is 0 Å². The molecule has 5 nitrogen and oxygen atoms in total. The number of oxime groups is 1. The van der Waals surface area contributed by atoms with Gasteiger partial charge in [-0.3, -0.25) is 9.08 Å². The Morgan fingerprint density at radius 1 is 1.40 bits per heavy atom. The molecule has 0 spiro atoms. The second kappa shape index (κ2) is 4.39. The Balaban J connectivity index is 2.83. The van der Waals surface area contributed by atoms with Crippen LogP contribution in [0.25, 0.3) is 0 Å². The fourth-order valence-corrected chi connectivity index (χ4v) is 1.18. The molecule has 0 unspecified atom stereocenters. The van der Waals surface area contributed by atoms with E-state index in [-0.39, 0.29) is 11.5 Å². The third-order valence-electron chi connectivity index (χ3n) is 1.77. The smallest absolute Gasteiger partial charge is 0.290 e. The second-order valence-corrected chi connectivity index (χ2v) is 4.80. The molecule has 1 aliphatic rings. The third-order valence-corrected chi connectivity index (χ3v) is 2.78. The molecule has 0 amide bonds. The average molecular weight is 229 g/mol. The molecule has 0 saturated heterocycles. The minimum atomic E-state index is -3.59. The lowest BCUT2D eigenvalue weighted by molar-refractivity contribution is -0.110. The maximum Gasteiger partial charge on any atom is 0.328 e. The van der Waals surface area contributed by atoms with E-state index in [4.69, 9.17) is 0 Å². The van der Waals surface area contributed by atoms with Crippen molar-refractivity contribution >= 4 is 21.6 Å². The molecular weight excluding hydrogens is 218 g/mol. The molecule has 82 valence electrons. The lowest BCUT2D eigenvalue weighted by atomic mass is 10.1. The SMILES string of the molecule is CCS(=O)(=O)ON=C1C=CC(=O)C=C1C.